The highest BCUT2D eigenvalue weighted by molar-refractivity contribution is 7.82. The molecule has 4 nitrogen and oxygen atoms in total. The van der Waals surface area contributed by atoms with Crippen molar-refractivity contribution < 1.29 is 25.6 Å². The predicted molar refractivity (Wildman–Crippen MR) is 33.5 cm³/mol. The molecule has 2 atom stereocenters. The van der Waals surface area contributed by atoms with Gasteiger partial charge in [-0.3, -0.25) is 0 Å². The highest BCUT2D eigenvalue weighted by atomic mass is 32.3. The second-order valence-corrected chi connectivity index (χ2v) is 3.19. The van der Waals surface area contributed by atoms with Gasteiger partial charge in [0.1, 0.15) is 0 Å². The summed E-state index contributed by atoms with van der Waals surface area (Å²) in [7, 11) is -4.32. The van der Waals surface area contributed by atoms with Crippen LogP contribution >= 0.6 is 0 Å². The molecule has 0 aromatic heterocycles. The lowest BCUT2D eigenvalue weighted by molar-refractivity contribution is 0.0102. The minimum Gasteiger partial charge on any atom is -0.235 e. The molecule has 0 radical (unpaired) electrons. The van der Waals surface area contributed by atoms with Crippen LogP contribution in [0.1, 0.15) is 0 Å². The average Bonchev–Trinajstić information content (AvgIpc) is 2.25. The molecule has 1 aliphatic rings. The molecule has 1 rings (SSSR count). The van der Waals surface area contributed by atoms with Crippen LogP contribution < -0.4 is 0 Å². The fourth-order valence-corrected chi connectivity index (χ4v) is 1.61. The minimum atomic E-state index is -4.32. The molecule has 0 spiro atoms. The zero-order valence-corrected chi connectivity index (χ0v) is 6.42. The summed E-state index contributed by atoms with van der Waals surface area (Å²) in [5.41, 5.74) is 0. The Morgan fingerprint density at radius 1 is 1.42 bits per heavy atom. The molecule has 1 fully saturated rings. The Kier molecular flexibility index (Phi) is 2.32. The van der Waals surface area contributed by atoms with Gasteiger partial charge in [-0.25, -0.2) is 17.1 Å². The molecule has 1 aliphatic heterocycles. The first kappa shape index (κ1) is 9.38. The van der Waals surface area contributed by atoms with Crippen molar-refractivity contribution in [2.24, 2.45) is 0 Å². The number of terminal acetylenes is 1. The van der Waals surface area contributed by atoms with Gasteiger partial charge in [-0.1, -0.05) is 5.92 Å². The predicted octanol–water partition coefficient (Wildman–Crippen LogP) is -0.0865. The second-order valence-electron chi connectivity index (χ2n) is 1.99. The van der Waals surface area contributed by atoms with E-state index in [9.17, 15) is 17.2 Å². The van der Waals surface area contributed by atoms with Crippen molar-refractivity contribution in [1.82, 2.24) is 0 Å². The van der Waals surface area contributed by atoms with Gasteiger partial charge in [-0.05, 0) is 0 Å². The monoisotopic (exact) mass is 198 g/mol. The molecule has 1 saturated heterocycles. The fraction of sp³-hybridized carbons (Fsp3) is 0.600. The van der Waals surface area contributed by atoms with Crippen LogP contribution in [0.5, 0.6) is 0 Å². The van der Waals surface area contributed by atoms with Crippen molar-refractivity contribution in [1.29, 1.82) is 0 Å². The summed E-state index contributed by atoms with van der Waals surface area (Å²) < 4.78 is 52.7. The van der Waals surface area contributed by atoms with Crippen LogP contribution in [-0.4, -0.2) is 27.1 Å². The van der Waals surface area contributed by atoms with Crippen molar-refractivity contribution in [2.75, 3.05) is 0 Å². The second kappa shape index (κ2) is 2.97. The normalized spacial score (nSPS) is 33.5. The quantitative estimate of drug-likeness (QED) is 0.553. The molecule has 0 aromatic rings. The third kappa shape index (κ3) is 1.72. The van der Waals surface area contributed by atoms with E-state index in [1.165, 1.54) is 0 Å². The summed E-state index contributed by atoms with van der Waals surface area (Å²) in [6.45, 7) is 0. The first-order valence-electron chi connectivity index (χ1n) is 2.82. The van der Waals surface area contributed by atoms with Crippen molar-refractivity contribution >= 4 is 10.4 Å². The van der Waals surface area contributed by atoms with E-state index < -0.39 is 29.0 Å². The minimum absolute atomic E-state index is 1.53. The first-order chi connectivity index (χ1) is 5.46. The summed E-state index contributed by atoms with van der Waals surface area (Å²) in [6, 6.07) is 0. The van der Waals surface area contributed by atoms with E-state index in [4.69, 9.17) is 6.42 Å². The molecule has 12 heavy (non-hydrogen) atoms. The molecule has 0 aliphatic carbocycles. The summed E-state index contributed by atoms with van der Waals surface area (Å²) in [6.07, 6.45) is -1.67. The van der Waals surface area contributed by atoms with Crippen LogP contribution in [0.2, 0.25) is 0 Å². The molecular formula is C5H4F2O4S. The van der Waals surface area contributed by atoms with Gasteiger partial charge >= 0.3 is 10.4 Å². The highest BCUT2D eigenvalue weighted by Crippen LogP contribution is 2.24. The van der Waals surface area contributed by atoms with Crippen LogP contribution in [0, 0.1) is 12.3 Å². The van der Waals surface area contributed by atoms with Crippen molar-refractivity contribution in [3.05, 3.63) is 0 Å². The molecular weight excluding hydrogens is 194 g/mol. The SMILES string of the molecule is C#CC1OS(=O)(=O)OC1C(F)F. The van der Waals surface area contributed by atoms with Crippen LogP contribution in [0.3, 0.4) is 0 Å². The zero-order valence-electron chi connectivity index (χ0n) is 5.61. The van der Waals surface area contributed by atoms with Crippen LogP contribution in [0.25, 0.3) is 0 Å². The summed E-state index contributed by atoms with van der Waals surface area (Å²) in [5.74, 6) is 1.74. The van der Waals surface area contributed by atoms with Gasteiger partial charge in [-0.2, -0.15) is 8.42 Å². The van der Waals surface area contributed by atoms with Crippen LogP contribution in [0.15, 0.2) is 0 Å². The first-order valence-corrected chi connectivity index (χ1v) is 4.15. The Hall–Kier alpha value is -0.710. The third-order valence-electron chi connectivity index (χ3n) is 1.16. The number of hydrogen-bond donors (Lipinski definition) is 0. The Morgan fingerprint density at radius 3 is 2.33 bits per heavy atom. The Morgan fingerprint density at radius 2 is 2.00 bits per heavy atom. The number of rotatable bonds is 1. The van der Waals surface area contributed by atoms with Gasteiger partial charge in [0.2, 0.25) is 0 Å². The molecule has 0 bridgehead atoms. The standard InChI is InChI=1S/C5H4F2O4S/c1-2-3-4(5(6)7)11-12(8,9)10-3/h1,3-5H. The van der Waals surface area contributed by atoms with E-state index in [2.05, 4.69) is 8.37 Å². The van der Waals surface area contributed by atoms with Gasteiger partial charge in [0.05, 0.1) is 0 Å². The molecule has 0 N–H and O–H groups in total. The highest BCUT2D eigenvalue weighted by Gasteiger charge is 2.44. The number of alkyl halides is 2. The molecule has 68 valence electrons. The third-order valence-corrected chi connectivity index (χ3v) is 2.06. The molecule has 0 saturated carbocycles. The molecule has 7 heteroatoms. The summed E-state index contributed by atoms with van der Waals surface area (Å²) in [5, 5.41) is 0. The number of halogens is 2. The lowest BCUT2D eigenvalue weighted by atomic mass is 10.2. The lowest BCUT2D eigenvalue weighted by Gasteiger charge is -2.06. The Bertz CT molecular complexity index is 304. The smallest absolute Gasteiger partial charge is 0.235 e. The largest absolute Gasteiger partial charge is 0.401 e. The van der Waals surface area contributed by atoms with E-state index in [0.717, 1.165) is 0 Å². The lowest BCUT2D eigenvalue weighted by Crippen LogP contribution is -2.28. The van der Waals surface area contributed by atoms with Gasteiger partial charge in [0.25, 0.3) is 6.43 Å². The van der Waals surface area contributed by atoms with E-state index in [0.29, 0.717) is 0 Å². The Labute approximate surface area is 67.8 Å². The summed E-state index contributed by atoms with van der Waals surface area (Å²) in [4.78, 5) is 0. The van der Waals surface area contributed by atoms with E-state index in [1.54, 1.807) is 5.92 Å². The topological polar surface area (TPSA) is 52.6 Å². The molecule has 2 unspecified atom stereocenters. The van der Waals surface area contributed by atoms with E-state index >= 15 is 0 Å². The zero-order chi connectivity index (χ0) is 9.35. The summed E-state index contributed by atoms with van der Waals surface area (Å²) >= 11 is 0. The average molecular weight is 198 g/mol. The van der Waals surface area contributed by atoms with Crippen molar-refractivity contribution in [3.8, 4) is 12.3 Å². The van der Waals surface area contributed by atoms with Crippen molar-refractivity contribution in [2.45, 2.75) is 18.6 Å². The van der Waals surface area contributed by atoms with E-state index in [1.807, 2.05) is 0 Å². The van der Waals surface area contributed by atoms with Gasteiger partial charge in [-0.15, -0.1) is 6.42 Å². The maximum absolute atomic E-state index is 12.0. The molecule has 1 heterocycles. The van der Waals surface area contributed by atoms with Crippen LogP contribution in [-0.2, 0) is 18.8 Å². The van der Waals surface area contributed by atoms with E-state index in [-0.39, 0.29) is 0 Å². The Balaban J connectivity index is 2.86. The van der Waals surface area contributed by atoms with Gasteiger partial charge in [0.15, 0.2) is 12.2 Å². The van der Waals surface area contributed by atoms with Crippen LogP contribution in [0.4, 0.5) is 8.78 Å². The molecule has 0 amide bonds. The van der Waals surface area contributed by atoms with Gasteiger partial charge in [0, 0.05) is 0 Å². The fourth-order valence-electron chi connectivity index (χ4n) is 0.688. The maximum atomic E-state index is 12.0. The molecule has 0 aromatic carbocycles. The maximum Gasteiger partial charge on any atom is 0.401 e. The van der Waals surface area contributed by atoms with Crippen molar-refractivity contribution in [3.63, 3.8) is 0 Å². The number of hydrogen-bond acceptors (Lipinski definition) is 4. The van der Waals surface area contributed by atoms with Gasteiger partial charge < -0.3 is 0 Å².